The summed E-state index contributed by atoms with van der Waals surface area (Å²) in [6.45, 7) is 4.83. The molecule has 1 aromatic rings. The fourth-order valence-corrected chi connectivity index (χ4v) is 4.41. The largest absolute Gasteiger partial charge is 0.381 e. The van der Waals surface area contributed by atoms with Gasteiger partial charge in [0.05, 0.1) is 6.04 Å². The Bertz CT molecular complexity index is 696. The van der Waals surface area contributed by atoms with Crippen LogP contribution >= 0.6 is 0 Å². The highest BCUT2D eigenvalue weighted by Crippen LogP contribution is 2.35. The second-order valence-electron chi connectivity index (χ2n) is 8.25. The van der Waals surface area contributed by atoms with Crippen LogP contribution in [0.15, 0.2) is 4.52 Å². The summed E-state index contributed by atoms with van der Waals surface area (Å²) in [5.74, 6) is 2.16. The Hall–Kier alpha value is -1.96. The molecule has 8 heteroatoms. The Labute approximate surface area is 165 Å². The minimum absolute atomic E-state index is 0.0353. The first-order chi connectivity index (χ1) is 13.6. The first-order valence-electron chi connectivity index (χ1n) is 10.6. The van der Waals surface area contributed by atoms with Gasteiger partial charge in [-0.15, -0.1) is 0 Å². The van der Waals surface area contributed by atoms with Crippen LogP contribution in [0.4, 0.5) is 0 Å². The van der Waals surface area contributed by atoms with Gasteiger partial charge in [0.1, 0.15) is 0 Å². The maximum Gasteiger partial charge on any atom is 0.229 e. The molecule has 0 aromatic carbocycles. The minimum Gasteiger partial charge on any atom is -0.381 e. The molecule has 0 radical (unpaired) electrons. The van der Waals surface area contributed by atoms with Crippen LogP contribution in [0.1, 0.15) is 63.1 Å². The average Bonchev–Trinajstić information content (AvgIpc) is 3.31. The van der Waals surface area contributed by atoms with Crippen molar-refractivity contribution in [2.75, 3.05) is 32.8 Å². The highest BCUT2D eigenvalue weighted by molar-refractivity contribution is 5.79. The van der Waals surface area contributed by atoms with Crippen molar-refractivity contribution in [3.8, 4) is 0 Å². The third kappa shape index (κ3) is 4.21. The first-order valence-corrected chi connectivity index (χ1v) is 10.6. The van der Waals surface area contributed by atoms with Gasteiger partial charge in [0.2, 0.25) is 17.7 Å². The normalized spacial score (nSPS) is 23.6. The number of amides is 2. The molecule has 1 aromatic heterocycles. The van der Waals surface area contributed by atoms with Gasteiger partial charge >= 0.3 is 0 Å². The maximum absolute atomic E-state index is 12.8. The van der Waals surface area contributed by atoms with Crippen molar-refractivity contribution in [3.63, 3.8) is 0 Å². The second-order valence-corrected chi connectivity index (χ2v) is 8.25. The molecule has 154 valence electrons. The van der Waals surface area contributed by atoms with Crippen LogP contribution in [0.25, 0.3) is 0 Å². The lowest BCUT2D eigenvalue weighted by Crippen LogP contribution is -2.44. The standard InChI is InChI=1S/C20H30N4O4/c1-14(25)24(10-6-18-21-19(28-22-18)15-3-2-4-15)17-5-9-23(13-17)20(26)16-7-11-27-12-8-16/h15-17H,2-13H2,1H3. The SMILES string of the molecule is CC(=O)N(CCc1noc(C2CCC2)n1)C1CCN(C(=O)C2CCOCC2)C1. The van der Waals surface area contributed by atoms with Gasteiger partial charge < -0.3 is 19.1 Å². The summed E-state index contributed by atoms with van der Waals surface area (Å²) in [6.07, 6.45) is 6.50. The van der Waals surface area contributed by atoms with E-state index in [0.717, 1.165) is 44.5 Å². The van der Waals surface area contributed by atoms with Gasteiger partial charge in [-0.25, -0.2) is 0 Å². The lowest BCUT2D eigenvalue weighted by molar-refractivity contribution is -0.138. The number of nitrogens with zero attached hydrogens (tertiary/aromatic N) is 4. The predicted octanol–water partition coefficient (Wildman–Crippen LogP) is 1.76. The van der Waals surface area contributed by atoms with Gasteiger partial charge in [-0.2, -0.15) is 4.98 Å². The topological polar surface area (TPSA) is 88.8 Å². The molecule has 2 amide bonds. The van der Waals surface area contributed by atoms with E-state index < -0.39 is 0 Å². The molecule has 3 heterocycles. The molecule has 1 atom stereocenters. The molecule has 1 saturated carbocycles. The molecule has 0 N–H and O–H groups in total. The van der Waals surface area contributed by atoms with E-state index in [4.69, 9.17) is 9.26 Å². The van der Waals surface area contributed by atoms with Crippen LogP contribution in [-0.2, 0) is 20.7 Å². The predicted molar refractivity (Wildman–Crippen MR) is 101 cm³/mol. The molecule has 8 nitrogen and oxygen atoms in total. The summed E-state index contributed by atoms with van der Waals surface area (Å²) >= 11 is 0. The molecule has 0 spiro atoms. The van der Waals surface area contributed by atoms with Gasteiger partial charge in [-0.1, -0.05) is 11.6 Å². The third-order valence-corrected chi connectivity index (χ3v) is 6.41. The highest BCUT2D eigenvalue weighted by Gasteiger charge is 2.35. The Morgan fingerprint density at radius 1 is 1.18 bits per heavy atom. The monoisotopic (exact) mass is 390 g/mol. The summed E-state index contributed by atoms with van der Waals surface area (Å²) in [5, 5.41) is 4.08. The zero-order valence-electron chi connectivity index (χ0n) is 16.6. The lowest BCUT2D eigenvalue weighted by Gasteiger charge is -2.29. The van der Waals surface area contributed by atoms with Crippen LogP contribution in [-0.4, -0.2) is 70.6 Å². The first kappa shape index (κ1) is 19.4. The molecule has 1 unspecified atom stereocenters. The maximum atomic E-state index is 12.8. The van der Waals surface area contributed by atoms with E-state index in [1.807, 2.05) is 9.80 Å². The molecule has 4 rings (SSSR count). The summed E-state index contributed by atoms with van der Waals surface area (Å²) in [6, 6.07) is 0.0688. The van der Waals surface area contributed by atoms with Crippen LogP contribution in [0.5, 0.6) is 0 Å². The molecule has 3 aliphatic rings. The van der Waals surface area contributed by atoms with Crippen molar-refractivity contribution in [2.45, 2.75) is 63.8 Å². The van der Waals surface area contributed by atoms with E-state index >= 15 is 0 Å². The Morgan fingerprint density at radius 3 is 2.64 bits per heavy atom. The van der Waals surface area contributed by atoms with Crippen molar-refractivity contribution >= 4 is 11.8 Å². The summed E-state index contributed by atoms with van der Waals surface area (Å²) in [7, 11) is 0. The van der Waals surface area contributed by atoms with E-state index in [9.17, 15) is 9.59 Å². The number of likely N-dealkylation sites (tertiary alicyclic amines) is 1. The minimum atomic E-state index is 0.0353. The lowest BCUT2D eigenvalue weighted by atomic mass is 9.85. The second kappa shape index (κ2) is 8.59. The quantitative estimate of drug-likeness (QED) is 0.735. The van der Waals surface area contributed by atoms with Crippen molar-refractivity contribution in [1.29, 1.82) is 0 Å². The smallest absolute Gasteiger partial charge is 0.229 e. The molecule has 2 aliphatic heterocycles. The Kier molecular flexibility index (Phi) is 5.94. The fraction of sp³-hybridized carbons (Fsp3) is 0.800. The molecule has 0 bridgehead atoms. The van der Waals surface area contributed by atoms with Gasteiger partial charge in [0.25, 0.3) is 0 Å². The number of rotatable bonds is 6. The molecule has 3 fully saturated rings. The number of ether oxygens (including phenoxy) is 1. The van der Waals surface area contributed by atoms with Crippen LogP contribution in [0, 0.1) is 5.92 Å². The van der Waals surface area contributed by atoms with Gasteiger partial charge in [-0.05, 0) is 32.1 Å². The van der Waals surface area contributed by atoms with Crippen molar-refractivity contribution in [3.05, 3.63) is 11.7 Å². The summed E-state index contributed by atoms with van der Waals surface area (Å²) < 4.78 is 10.7. The zero-order valence-corrected chi connectivity index (χ0v) is 16.6. The molecule has 28 heavy (non-hydrogen) atoms. The molecule has 1 aliphatic carbocycles. The number of carbonyl (C=O) groups is 2. The molecule has 2 saturated heterocycles. The van der Waals surface area contributed by atoms with E-state index in [1.54, 1.807) is 6.92 Å². The molecular formula is C20H30N4O4. The van der Waals surface area contributed by atoms with Gasteiger partial charge in [-0.3, -0.25) is 9.59 Å². The Balaban J connectivity index is 1.31. The fourth-order valence-electron chi connectivity index (χ4n) is 4.41. The number of hydrogen-bond donors (Lipinski definition) is 0. The molecular weight excluding hydrogens is 360 g/mol. The average molecular weight is 390 g/mol. The van der Waals surface area contributed by atoms with E-state index in [2.05, 4.69) is 10.1 Å². The van der Waals surface area contributed by atoms with Gasteiger partial charge in [0, 0.05) is 58.0 Å². The number of carbonyl (C=O) groups excluding carboxylic acids is 2. The van der Waals surface area contributed by atoms with E-state index in [-0.39, 0.29) is 23.8 Å². The van der Waals surface area contributed by atoms with E-state index in [0.29, 0.717) is 44.5 Å². The van der Waals surface area contributed by atoms with Crippen LogP contribution < -0.4 is 0 Å². The summed E-state index contributed by atoms with van der Waals surface area (Å²) in [4.78, 5) is 33.3. The Morgan fingerprint density at radius 2 is 1.96 bits per heavy atom. The number of hydrogen-bond acceptors (Lipinski definition) is 6. The number of aromatic nitrogens is 2. The van der Waals surface area contributed by atoms with Crippen LogP contribution in [0.3, 0.4) is 0 Å². The summed E-state index contributed by atoms with van der Waals surface area (Å²) in [5.41, 5.74) is 0. The zero-order chi connectivity index (χ0) is 19.5. The highest BCUT2D eigenvalue weighted by atomic mass is 16.5. The van der Waals surface area contributed by atoms with Crippen molar-refractivity contribution in [2.24, 2.45) is 5.92 Å². The van der Waals surface area contributed by atoms with Gasteiger partial charge in [0.15, 0.2) is 5.82 Å². The van der Waals surface area contributed by atoms with Crippen molar-refractivity contribution < 1.29 is 18.8 Å². The third-order valence-electron chi connectivity index (χ3n) is 6.41. The van der Waals surface area contributed by atoms with Crippen molar-refractivity contribution in [1.82, 2.24) is 19.9 Å². The van der Waals surface area contributed by atoms with E-state index in [1.165, 1.54) is 6.42 Å². The van der Waals surface area contributed by atoms with Crippen LogP contribution in [0.2, 0.25) is 0 Å².